The maximum absolute atomic E-state index is 12.6. The van der Waals surface area contributed by atoms with Crippen molar-refractivity contribution in [1.82, 2.24) is 5.32 Å². The first-order chi connectivity index (χ1) is 12.0. The summed E-state index contributed by atoms with van der Waals surface area (Å²) in [6.07, 6.45) is -0.514. The molecule has 0 heterocycles. The minimum atomic E-state index is -0.819. The van der Waals surface area contributed by atoms with E-state index in [0.717, 1.165) is 5.56 Å². The van der Waals surface area contributed by atoms with E-state index in [0.29, 0.717) is 17.0 Å². The standard InChI is InChI=1S/C19H20ClNO4/c1-24-17(14-6-4-3-5-7-14)18(22)21-16(19(23)25-2)12-13-8-10-15(20)11-9-13/h3-11,16-17H,12H2,1-2H3,(H,21,22)/t16-,17-/m0/s1. The number of benzene rings is 2. The second-order valence-corrected chi connectivity index (χ2v) is 5.88. The van der Waals surface area contributed by atoms with Gasteiger partial charge in [-0.15, -0.1) is 0 Å². The van der Waals surface area contributed by atoms with Crippen LogP contribution in [0.5, 0.6) is 0 Å². The van der Waals surface area contributed by atoms with Gasteiger partial charge < -0.3 is 14.8 Å². The maximum Gasteiger partial charge on any atom is 0.328 e. The van der Waals surface area contributed by atoms with E-state index in [1.165, 1.54) is 14.2 Å². The molecule has 0 bridgehead atoms. The van der Waals surface area contributed by atoms with Gasteiger partial charge in [-0.2, -0.15) is 0 Å². The Hall–Kier alpha value is -2.37. The van der Waals surface area contributed by atoms with Crippen molar-refractivity contribution in [1.29, 1.82) is 0 Å². The van der Waals surface area contributed by atoms with Crippen molar-refractivity contribution >= 4 is 23.5 Å². The van der Waals surface area contributed by atoms with Crippen LogP contribution in [0.3, 0.4) is 0 Å². The molecule has 0 aliphatic carbocycles. The predicted octanol–water partition coefficient (Wildman–Crippen LogP) is 2.93. The third-order valence-electron chi connectivity index (χ3n) is 3.73. The number of methoxy groups -OCH3 is 2. The van der Waals surface area contributed by atoms with E-state index in [1.54, 1.807) is 36.4 Å². The average molecular weight is 362 g/mol. The Balaban J connectivity index is 2.13. The van der Waals surface area contributed by atoms with Gasteiger partial charge in [0, 0.05) is 18.6 Å². The molecule has 0 fully saturated rings. The van der Waals surface area contributed by atoms with Crippen LogP contribution in [0.15, 0.2) is 54.6 Å². The summed E-state index contributed by atoms with van der Waals surface area (Å²) in [6, 6.07) is 15.3. The average Bonchev–Trinajstić information content (AvgIpc) is 2.64. The van der Waals surface area contributed by atoms with Crippen molar-refractivity contribution in [3.05, 3.63) is 70.7 Å². The summed E-state index contributed by atoms with van der Waals surface area (Å²) in [5.41, 5.74) is 1.56. The molecule has 0 spiro atoms. The topological polar surface area (TPSA) is 64.6 Å². The lowest BCUT2D eigenvalue weighted by atomic mass is 10.0. The number of nitrogens with one attached hydrogen (secondary N) is 1. The number of halogens is 1. The molecular formula is C19H20ClNO4. The van der Waals surface area contributed by atoms with E-state index in [-0.39, 0.29) is 0 Å². The van der Waals surface area contributed by atoms with Gasteiger partial charge in [-0.1, -0.05) is 54.1 Å². The zero-order valence-corrected chi connectivity index (χ0v) is 14.8. The minimum absolute atomic E-state index is 0.292. The van der Waals surface area contributed by atoms with Crippen molar-refractivity contribution in [2.24, 2.45) is 0 Å². The molecular weight excluding hydrogens is 342 g/mol. The van der Waals surface area contributed by atoms with Gasteiger partial charge in [0.25, 0.3) is 5.91 Å². The highest BCUT2D eigenvalue weighted by molar-refractivity contribution is 6.30. The Kier molecular flexibility index (Phi) is 6.98. The van der Waals surface area contributed by atoms with Crippen LogP contribution in [0.4, 0.5) is 0 Å². The Labute approximate surface area is 151 Å². The zero-order valence-electron chi connectivity index (χ0n) is 14.1. The van der Waals surface area contributed by atoms with E-state index in [9.17, 15) is 9.59 Å². The lowest BCUT2D eigenvalue weighted by Gasteiger charge is -2.21. The quantitative estimate of drug-likeness (QED) is 0.770. The van der Waals surface area contributed by atoms with Crippen LogP contribution in [-0.2, 0) is 25.5 Å². The molecule has 1 amide bonds. The van der Waals surface area contributed by atoms with E-state index in [2.05, 4.69) is 5.32 Å². The Morgan fingerprint density at radius 2 is 1.68 bits per heavy atom. The molecule has 5 nitrogen and oxygen atoms in total. The Morgan fingerprint density at radius 3 is 2.24 bits per heavy atom. The van der Waals surface area contributed by atoms with Crippen LogP contribution in [-0.4, -0.2) is 32.1 Å². The molecule has 0 saturated carbocycles. The minimum Gasteiger partial charge on any atom is -0.467 e. The van der Waals surface area contributed by atoms with E-state index in [4.69, 9.17) is 21.1 Å². The normalized spacial score (nSPS) is 12.9. The van der Waals surface area contributed by atoms with Crippen molar-refractivity contribution in [2.75, 3.05) is 14.2 Å². The molecule has 0 aliphatic heterocycles. The number of ether oxygens (including phenoxy) is 2. The molecule has 0 aliphatic rings. The summed E-state index contributed by atoms with van der Waals surface area (Å²) in [5, 5.41) is 3.31. The molecule has 2 rings (SSSR count). The fourth-order valence-electron chi connectivity index (χ4n) is 2.46. The predicted molar refractivity (Wildman–Crippen MR) is 95.3 cm³/mol. The number of carbonyl (C=O) groups excluding carboxylic acids is 2. The third-order valence-corrected chi connectivity index (χ3v) is 3.98. The molecule has 0 saturated heterocycles. The molecule has 6 heteroatoms. The van der Waals surface area contributed by atoms with Crippen molar-refractivity contribution in [3.8, 4) is 0 Å². The number of hydrogen-bond acceptors (Lipinski definition) is 4. The van der Waals surface area contributed by atoms with E-state index in [1.807, 2.05) is 18.2 Å². The summed E-state index contributed by atoms with van der Waals surface area (Å²) in [4.78, 5) is 24.6. The van der Waals surface area contributed by atoms with Crippen LogP contribution >= 0.6 is 11.6 Å². The third kappa shape index (κ3) is 5.31. The first-order valence-electron chi connectivity index (χ1n) is 7.75. The van der Waals surface area contributed by atoms with Gasteiger partial charge in [0.05, 0.1) is 7.11 Å². The monoisotopic (exact) mass is 361 g/mol. The fraction of sp³-hybridized carbons (Fsp3) is 0.263. The van der Waals surface area contributed by atoms with Crippen molar-refractivity contribution in [3.63, 3.8) is 0 Å². The van der Waals surface area contributed by atoms with Crippen molar-refractivity contribution in [2.45, 2.75) is 18.6 Å². The molecule has 2 aromatic rings. The second-order valence-electron chi connectivity index (χ2n) is 5.44. The van der Waals surface area contributed by atoms with Crippen molar-refractivity contribution < 1.29 is 19.1 Å². The van der Waals surface area contributed by atoms with Gasteiger partial charge in [0.1, 0.15) is 6.04 Å². The highest BCUT2D eigenvalue weighted by atomic mass is 35.5. The van der Waals surface area contributed by atoms with Crippen LogP contribution < -0.4 is 5.32 Å². The lowest BCUT2D eigenvalue weighted by Crippen LogP contribution is -2.45. The van der Waals surface area contributed by atoms with Crippen LogP contribution in [0.1, 0.15) is 17.2 Å². The first-order valence-corrected chi connectivity index (χ1v) is 8.13. The van der Waals surface area contributed by atoms with Gasteiger partial charge in [0.15, 0.2) is 6.10 Å². The van der Waals surface area contributed by atoms with Crippen LogP contribution in [0.25, 0.3) is 0 Å². The first kappa shape index (κ1) is 19.0. The molecule has 2 aromatic carbocycles. The SMILES string of the molecule is COC(=O)[C@H](Cc1ccc(Cl)cc1)NC(=O)[C@@H](OC)c1ccccc1. The largest absolute Gasteiger partial charge is 0.467 e. The number of rotatable bonds is 7. The highest BCUT2D eigenvalue weighted by Gasteiger charge is 2.27. The highest BCUT2D eigenvalue weighted by Crippen LogP contribution is 2.17. The number of amides is 1. The zero-order chi connectivity index (χ0) is 18.2. The molecule has 1 N–H and O–H groups in total. The number of hydrogen-bond donors (Lipinski definition) is 1. The van der Waals surface area contributed by atoms with Gasteiger partial charge >= 0.3 is 5.97 Å². The van der Waals surface area contributed by atoms with Gasteiger partial charge in [0.2, 0.25) is 0 Å². The lowest BCUT2D eigenvalue weighted by molar-refractivity contribution is -0.146. The Morgan fingerprint density at radius 1 is 1.04 bits per heavy atom. The van der Waals surface area contributed by atoms with E-state index >= 15 is 0 Å². The summed E-state index contributed by atoms with van der Waals surface area (Å²) in [7, 11) is 2.73. The number of esters is 1. The van der Waals surface area contributed by atoms with Gasteiger partial charge in [-0.25, -0.2) is 4.79 Å². The molecule has 0 radical (unpaired) electrons. The van der Waals surface area contributed by atoms with E-state index < -0.39 is 24.0 Å². The molecule has 2 atom stereocenters. The fourth-order valence-corrected chi connectivity index (χ4v) is 2.59. The van der Waals surface area contributed by atoms with Gasteiger partial charge in [-0.05, 0) is 23.3 Å². The van der Waals surface area contributed by atoms with Gasteiger partial charge in [-0.3, -0.25) is 4.79 Å². The second kappa shape index (κ2) is 9.20. The maximum atomic E-state index is 12.6. The molecule has 0 unspecified atom stereocenters. The molecule has 0 aromatic heterocycles. The number of carbonyl (C=O) groups is 2. The van der Waals surface area contributed by atoms with Crippen LogP contribution in [0, 0.1) is 0 Å². The molecule has 132 valence electrons. The summed E-state index contributed by atoms with van der Waals surface area (Å²) >= 11 is 5.87. The summed E-state index contributed by atoms with van der Waals surface area (Å²) in [6.45, 7) is 0. The smallest absolute Gasteiger partial charge is 0.328 e. The molecule has 25 heavy (non-hydrogen) atoms. The van der Waals surface area contributed by atoms with Crippen LogP contribution in [0.2, 0.25) is 5.02 Å². The summed E-state index contributed by atoms with van der Waals surface area (Å²) < 4.78 is 10.1. The Bertz CT molecular complexity index is 703. The summed E-state index contributed by atoms with van der Waals surface area (Å²) in [5.74, 6) is -0.927.